The number of pyridine rings is 1. The SMILES string of the molecule is CCCC(C)c1cncc(OC)c1. The molecule has 1 heterocycles. The normalized spacial score (nSPS) is 12.5. The third-order valence-electron chi connectivity index (χ3n) is 2.26. The summed E-state index contributed by atoms with van der Waals surface area (Å²) in [6.45, 7) is 4.42. The van der Waals surface area contributed by atoms with Gasteiger partial charge in [0.15, 0.2) is 0 Å². The van der Waals surface area contributed by atoms with Crippen LogP contribution in [0.2, 0.25) is 0 Å². The Kier molecular flexibility index (Phi) is 3.74. The van der Waals surface area contributed by atoms with Gasteiger partial charge in [0.25, 0.3) is 0 Å². The highest BCUT2D eigenvalue weighted by molar-refractivity contribution is 5.25. The Morgan fingerprint density at radius 3 is 2.85 bits per heavy atom. The van der Waals surface area contributed by atoms with Crippen molar-refractivity contribution in [1.29, 1.82) is 0 Å². The van der Waals surface area contributed by atoms with Crippen LogP contribution in [0.4, 0.5) is 0 Å². The van der Waals surface area contributed by atoms with Crippen molar-refractivity contribution in [3.05, 3.63) is 24.0 Å². The van der Waals surface area contributed by atoms with Crippen molar-refractivity contribution in [2.75, 3.05) is 7.11 Å². The third-order valence-corrected chi connectivity index (χ3v) is 2.26. The summed E-state index contributed by atoms with van der Waals surface area (Å²) in [5, 5.41) is 0. The molecule has 1 unspecified atom stereocenters. The number of hydrogen-bond donors (Lipinski definition) is 0. The van der Waals surface area contributed by atoms with Gasteiger partial charge in [-0.15, -0.1) is 0 Å². The fraction of sp³-hybridized carbons (Fsp3) is 0.545. The highest BCUT2D eigenvalue weighted by Crippen LogP contribution is 2.22. The molecule has 0 aliphatic carbocycles. The number of methoxy groups -OCH3 is 1. The van der Waals surface area contributed by atoms with E-state index in [0.717, 1.165) is 5.75 Å². The molecule has 0 amide bonds. The van der Waals surface area contributed by atoms with E-state index >= 15 is 0 Å². The molecular formula is C11H17NO. The molecule has 0 aromatic carbocycles. The number of hydrogen-bond acceptors (Lipinski definition) is 2. The molecule has 2 heteroatoms. The smallest absolute Gasteiger partial charge is 0.137 e. The molecule has 1 rings (SSSR count). The minimum Gasteiger partial charge on any atom is -0.495 e. The molecule has 0 aliphatic heterocycles. The van der Waals surface area contributed by atoms with E-state index in [1.54, 1.807) is 13.3 Å². The van der Waals surface area contributed by atoms with Gasteiger partial charge >= 0.3 is 0 Å². The monoisotopic (exact) mass is 179 g/mol. The van der Waals surface area contributed by atoms with Crippen molar-refractivity contribution in [2.24, 2.45) is 0 Å². The molecule has 0 aliphatic rings. The molecular weight excluding hydrogens is 162 g/mol. The molecule has 13 heavy (non-hydrogen) atoms. The van der Waals surface area contributed by atoms with Crippen molar-refractivity contribution in [2.45, 2.75) is 32.6 Å². The quantitative estimate of drug-likeness (QED) is 0.708. The van der Waals surface area contributed by atoms with Gasteiger partial charge in [0, 0.05) is 6.20 Å². The van der Waals surface area contributed by atoms with E-state index in [-0.39, 0.29) is 0 Å². The first-order chi connectivity index (χ1) is 6.27. The van der Waals surface area contributed by atoms with Crippen LogP contribution in [0.5, 0.6) is 5.75 Å². The molecule has 72 valence electrons. The van der Waals surface area contributed by atoms with Crippen LogP contribution in [0.3, 0.4) is 0 Å². The lowest BCUT2D eigenvalue weighted by molar-refractivity contribution is 0.411. The van der Waals surface area contributed by atoms with Crippen LogP contribution in [0, 0.1) is 0 Å². The Hall–Kier alpha value is -1.05. The van der Waals surface area contributed by atoms with E-state index < -0.39 is 0 Å². The average Bonchev–Trinajstić information content (AvgIpc) is 2.18. The summed E-state index contributed by atoms with van der Waals surface area (Å²) in [5.41, 5.74) is 1.27. The van der Waals surface area contributed by atoms with E-state index in [1.807, 2.05) is 6.20 Å². The molecule has 1 aromatic heterocycles. The summed E-state index contributed by atoms with van der Waals surface area (Å²) in [5.74, 6) is 1.42. The lowest BCUT2D eigenvalue weighted by Gasteiger charge is -2.10. The molecule has 0 N–H and O–H groups in total. The Morgan fingerprint density at radius 1 is 1.46 bits per heavy atom. The summed E-state index contributed by atoms with van der Waals surface area (Å²) in [7, 11) is 1.67. The Bertz CT molecular complexity index is 260. The predicted molar refractivity (Wildman–Crippen MR) is 54.1 cm³/mol. The summed E-state index contributed by atoms with van der Waals surface area (Å²) >= 11 is 0. The van der Waals surface area contributed by atoms with Crippen LogP contribution < -0.4 is 4.74 Å². The number of ether oxygens (including phenoxy) is 1. The fourth-order valence-corrected chi connectivity index (χ4v) is 1.42. The highest BCUT2D eigenvalue weighted by Gasteiger charge is 2.05. The van der Waals surface area contributed by atoms with E-state index in [0.29, 0.717) is 5.92 Å². The number of aromatic nitrogens is 1. The third kappa shape index (κ3) is 2.72. The minimum absolute atomic E-state index is 0.576. The molecule has 0 fully saturated rings. The van der Waals surface area contributed by atoms with E-state index in [9.17, 15) is 0 Å². The molecule has 2 nitrogen and oxygen atoms in total. The second kappa shape index (κ2) is 4.85. The number of nitrogens with zero attached hydrogens (tertiary/aromatic N) is 1. The molecule has 1 aromatic rings. The van der Waals surface area contributed by atoms with Crippen LogP contribution in [-0.2, 0) is 0 Å². The first-order valence-electron chi connectivity index (χ1n) is 4.76. The second-order valence-corrected chi connectivity index (χ2v) is 3.35. The summed E-state index contributed by atoms with van der Waals surface area (Å²) < 4.78 is 5.12. The molecule has 0 saturated heterocycles. The lowest BCUT2D eigenvalue weighted by atomic mass is 9.98. The largest absolute Gasteiger partial charge is 0.495 e. The Balaban J connectivity index is 2.75. The van der Waals surface area contributed by atoms with Gasteiger partial charge in [-0.1, -0.05) is 20.3 Å². The maximum atomic E-state index is 5.12. The molecule has 0 radical (unpaired) electrons. The first kappa shape index (κ1) is 10.0. The highest BCUT2D eigenvalue weighted by atomic mass is 16.5. The lowest BCUT2D eigenvalue weighted by Crippen LogP contribution is -1.95. The van der Waals surface area contributed by atoms with Crippen LogP contribution in [-0.4, -0.2) is 12.1 Å². The van der Waals surface area contributed by atoms with Gasteiger partial charge in [0.2, 0.25) is 0 Å². The zero-order chi connectivity index (χ0) is 9.68. The summed E-state index contributed by atoms with van der Waals surface area (Å²) in [6, 6.07) is 2.06. The van der Waals surface area contributed by atoms with Gasteiger partial charge in [-0.2, -0.15) is 0 Å². The fourth-order valence-electron chi connectivity index (χ4n) is 1.42. The zero-order valence-electron chi connectivity index (χ0n) is 8.58. The summed E-state index contributed by atoms with van der Waals surface area (Å²) in [4.78, 5) is 4.13. The molecule has 1 atom stereocenters. The maximum Gasteiger partial charge on any atom is 0.137 e. The Morgan fingerprint density at radius 2 is 2.23 bits per heavy atom. The van der Waals surface area contributed by atoms with Gasteiger partial charge in [-0.25, -0.2) is 0 Å². The van der Waals surface area contributed by atoms with E-state index in [1.165, 1.54) is 18.4 Å². The Labute approximate surface area is 80.0 Å². The van der Waals surface area contributed by atoms with Gasteiger partial charge in [0.05, 0.1) is 13.3 Å². The standard InChI is InChI=1S/C11H17NO/c1-4-5-9(2)10-6-11(13-3)8-12-7-10/h6-9H,4-5H2,1-3H3. The van der Waals surface area contributed by atoms with Crippen LogP contribution >= 0.6 is 0 Å². The second-order valence-electron chi connectivity index (χ2n) is 3.35. The first-order valence-corrected chi connectivity index (χ1v) is 4.76. The molecule has 0 bridgehead atoms. The van der Waals surface area contributed by atoms with Crippen LogP contribution in [0.1, 0.15) is 38.2 Å². The topological polar surface area (TPSA) is 22.1 Å². The van der Waals surface area contributed by atoms with E-state index in [4.69, 9.17) is 4.74 Å². The molecule has 0 saturated carbocycles. The predicted octanol–water partition coefficient (Wildman–Crippen LogP) is 2.99. The number of rotatable bonds is 4. The minimum atomic E-state index is 0.576. The van der Waals surface area contributed by atoms with Gasteiger partial charge in [-0.3, -0.25) is 4.98 Å². The van der Waals surface area contributed by atoms with Crippen molar-refractivity contribution >= 4 is 0 Å². The van der Waals surface area contributed by atoms with Crippen molar-refractivity contribution in [1.82, 2.24) is 4.98 Å². The maximum absolute atomic E-state index is 5.12. The van der Waals surface area contributed by atoms with Gasteiger partial charge in [-0.05, 0) is 24.0 Å². The summed E-state index contributed by atoms with van der Waals surface area (Å²) in [6.07, 6.45) is 6.07. The zero-order valence-corrected chi connectivity index (χ0v) is 8.58. The van der Waals surface area contributed by atoms with Crippen molar-refractivity contribution in [3.63, 3.8) is 0 Å². The van der Waals surface area contributed by atoms with Gasteiger partial charge in [0.1, 0.15) is 5.75 Å². The molecule has 0 spiro atoms. The van der Waals surface area contributed by atoms with E-state index in [2.05, 4.69) is 24.9 Å². The van der Waals surface area contributed by atoms with Crippen molar-refractivity contribution in [3.8, 4) is 5.75 Å². The van der Waals surface area contributed by atoms with Crippen LogP contribution in [0.15, 0.2) is 18.5 Å². The van der Waals surface area contributed by atoms with Gasteiger partial charge < -0.3 is 4.74 Å². The van der Waals surface area contributed by atoms with Crippen LogP contribution in [0.25, 0.3) is 0 Å². The average molecular weight is 179 g/mol. The van der Waals surface area contributed by atoms with Crippen molar-refractivity contribution < 1.29 is 4.74 Å².